The van der Waals surface area contributed by atoms with Gasteiger partial charge in [-0.25, -0.2) is 13.1 Å². The molecule has 0 saturated carbocycles. The van der Waals surface area contributed by atoms with Crippen LogP contribution >= 0.6 is 0 Å². The molecule has 2 N–H and O–H groups in total. The lowest BCUT2D eigenvalue weighted by atomic mass is 9.81. The van der Waals surface area contributed by atoms with Gasteiger partial charge in [0.25, 0.3) is 5.69 Å². The maximum Gasteiger partial charge on any atom is 0.271 e. The molecule has 8 nitrogen and oxygen atoms in total. The zero-order chi connectivity index (χ0) is 17.3. The topological polar surface area (TPSA) is 111 Å². The van der Waals surface area contributed by atoms with Crippen LogP contribution in [0.25, 0.3) is 0 Å². The number of piperidine rings is 1. The Kier molecular flexibility index (Phi) is 4.92. The molecular formula is C14H21N3O5S. The van der Waals surface area contributed by atoms with Gasteiger partial charge in [0.05, 0.1) is 12.0 Å². The largest absolute Gasteiger partial charge is 0.495 e. The summed E-state index contributed by atoms with van der Waals surface area (Å²) in [6.07, 6.45) is 0.642. The highest BCUT2D eigenvalue weighted by Crippen LogP contribution is 2.31. The van der Waals surface area contributed by atoms with Crippen molar-refractivity contribution in [3.63, 3.8) is 0 Å². The summed E-state index contributed by atoms with van der Waals surface area (Å²) >= 11 is 0. The highest BCUT2D eigenvalue weighted by atomic mass is 32.2. The van der Waals surface area contributed by atoms with E-state index in [-0.39, 0.29) is 27.8 Å². The molecule has 1 aliphatic rings. The van der Waals surface area contributed by atoms with Crippen LogP contribution in [0.1, 0.15) is 20.3 Å². The zero-order valence-electron chi connectivity index (χ0n) is 13.3. The van der Waals surface area contributed by atoms with Crippen LogP contribution < -0.4 is 14.8 Å². The third-order valence-corrected chi connectivity index (χ3v) is 5.57. The van der Waals surface area contributed by atoms with E-state index in [2.05, 4.69) is 10.0 Å². The minimum absolute atomic E-state index is 0.0786. The molecular weight excluding hydrogens is 322 g/mol. The lowest BCUT2D eigenvalue weighted by Crippen LogP contribution is -2.54. The molecule has 23 heavy (non-hydrogen) atoms. The van der Waals surface area contributed by atoms with Crippen molar-refractivity contribution < 1.29 is 18.1 Å². The summed E-state index contributed by atoms with van der Waals surface area (Å²) in [4.78, 5) is 10.1. The highest BCUT2D eigenvalue weighted by Gasteiger charge is 2.36. The average Bonchev–Trinajstić information content (AvgIpc) is 2.48. The lowest BCUT2D eigenvalue weighted by Gasteiger charge is -2.39. The van der Waals surface area contributed by atoms with E-state index in [0.717, 1.165) is 6.07 Å². The molecule has 0 radical (unpaired) electrons. The van der Waals surface area contributed by atoms with Gasteiger partial charge in [0.2, 0.25) is 10.0 Å². The summed E-state index contributed by atoms with van der Waals surface area (Å²) in [6, 6.07) is 3.26. The Labute approximate surface area is 135 Å². The number of ether oxygens (including phenoxy) is 1. The Bertz CT molecular complexity index is 702. The maximum absolute atomic E-state index is 12.7. The number of methoxy groups -OCH3 is 1. The number of nitro groups is 1. The molecule has 1 atom stereocenters. The monoisotopic (exact) mass is 343 g/mol. The van der Waals surface area contributed by atoms with Crippen molar-refractivity contribution >= 4 is 15.7 Å². The SMILES string of the molecule is COc1ccc([N+](=O)[O-])cc1S(=O)(=O)NC1CCNCC1(C)C. The molecule has 128 valence electrons. The van der Waals surface area contributed by atoms with Gasteiger partial charge in [-0.1, -0.05) is 13.8 Å². The number of hydrogen-bond acceptors (Lipinski definition) is 6. The number of sulfonamides is 1. The van der Waals surface area contributed by atoms with Gasteiger partial charge >= 0.3 is 0 Å². The first kappa shape index (κ1) is 17.6. The van der Waals surface area contributed by atoms with Gasteiger partial charge in [-0.15, -0.1) is 0 Å². The van der Waals surface area contributed by atoms with Crippen LogP contribution in [0.3, 0.4) is 0 Å². The Morgan fingerprint density at radius 3 is 2.70 bits per heavy atom. The van der Waals surface area contributed by atoms with Crippen LogP contribution in [0.2, 0.25) is 0 Å². The maximum atomic E-state index is 12.7. The second-order valence-electron chi connectivity index (χ2n) is 6.22. The molecule has 0 aromatic heterocycles. The van der Waals surface area contributed by atoms with Crippen LogP contribution in [-0.2, 0) is 10.0 Å². The van der Waals surface area contributed by atoms with Gasteiger partial charge < -0.3 is 10.1 Å². The predicted octanol–water partition coefficient (Wildman–Crippen LogP) is 1.27. The first-order valence-corrected chi connectivity index (χ1v) is 8.71. The van der Waals surface area contributed by atoms with Crippen molar-refractivity contribution in [3.05, 3.63) is 28.3 Å². The summed E-state index contributed by atoms with van der Waals surface area (Å²) in [5, 5.41) is 14.1. The van der Waals surface area contributed by atoms with Gasteiger partial charge in [-0.2, -0.15) is 0 Å². The third kappa shape index (κ3) is 3.80. The van der Waals surface area contributed by atoms with E-state index in [9.17, 15) is 18.5 Å². The average molecular weight is 343 g/mol. The molecule has 2 rings (SSSR count). The van der Waals surface area contributed by atoms with Crippen LogP contribution in [0.15, 0.2) is 23.1 Å². The minimum atomic E-state index is -3.94. The molecule has 1 aliphatic heterocycles. The van der Waals surface area contributed by atoms with E-state index in [4.69, 9.17) is 4.74 Å². The first-order valence-electron chi connectivity index (χ1n) is 7.23. The van der Waals surface area contributed by atoms with Crippen LogP contribution in [0, 0.1) is 15.5 Å². The molecule has 0 spiro atoms. The van der Waals surface area contributed by atoms with E-state index < -0.39 is 14.9 Å². The fourth-order valence-electron chi connectivity index (χ4n) is 2.63. The van der Waals surface area contributed by atoms with E-state index >= 15 is 0 Å². The summed E-state index contributed by atoms with van der Waals surface area (Å²) in [5.74, 6) is 0.0786. The fourth-order valence-corrected chi connectivity index (χ4v) is 4.26. The van der Waals surface area contributed by atoms with E-state index in [1.807, 2.05) is 13.8 Å². The minimum Gasteiger partial charge on any atom is -0.495 e. The standard InChI is InChI=1S/C14H21N3O5S/c1-14(2)9-15-7-6-13(14)16-23(20,21)12-8-10(17(18)19)4-5-11(12)22-3/h4-5,8,13,15-16H,6-7,9H2,1-3H3. The molecule has 1 fully saturated rings. The second kappa shape index (κ2) is 6.42. The Balaban J connectivity index is 2.39. The summed E-state index contributed by atoms with van der Waals surface area (Å²) in [6.45, 7) is 5.34. The van der Waals surface area contributed by atoms with Crippen molar-refractivity contribution in [2.75, 3.05) is 20.2 Å². The van der Waals surface area contributed by atoms with E-state index in [0.29, 0.717) is 19.5 Å². The summed E-state index contributed by atoms with van der Waals surface area (Å²) < 4.78 is 33.1. The quantitative estimate of drug-likeness (QED) is 0.615. The van der Waals surface area contributed by atoms with Crippen LogP contribution in [0.5, 0.6) is 5.75 Å². The van der Waals surface area contributed by atoms with Crippen molar-refractivity contribution in [1.29, 1.82) is 0 Å². The van der Waals surface area contributed by atoms with Gasteiger partial charge in [0.1, 0.15) is 10.6 Å². The molecule has 1 saturated heterocycles. The van der Waals surface area contributed by atoms with Crippen LogP contribution in [0.4, 0.5) is 5.69 Å². The molecule has 0 amide bonds. The number of nitro benzene ring substituents is 1. The second-order valence-corrected chi connectivity index (χ2v) is 7.90. The smallest absolute Gasteiger partial charge is 0.271 e. The van der Waals surface area contributed by atoms with Gasteiger partial charge in [0.15, 0.2) is 0 Å². The molecule has 1 aromatic rings. The zero-order valence-corrected chi connectivity index (χ0v) is 14.1. The molecule has 0 bridgehead atoms. The predicted molar refractivity (Wildman–Crippen MR) is 85.0 cm³/mol. The Morgan fingerprint density at radius 2 is 2.13 bits per heavy atom. The number of nitrogens with one attached hydrogen (secondary N) is 2. The van der Waals surface area contributed by atoms with Gasteiger partial charge in [-0.05, 0) is 24.4 Å². The lowest BCUT2D eigenvalue weighted by molar-refractivity contribution is -0.385. The molecule has 9 heteroatoms. The summed E-state index contributed by atoms with van der Waals surface area (Å²) in [5.41, 5.74) is -0.560. The van der Waals surface area contributed by atoms with Crippen molar-refractivity contribution in [1.82, 2.24) is 10.0 Å². The van der Waals surface area contributed by atoms with Crippen LogP contribution in [-0.4, -0.2) is 39.6 Å². The Hall–Kier alpha value is -1.71. The molecule has 1 heterocycles. The first-order chi connectivity index (χ1) is 10.7. The number of nitrogens with zero attached hydrogens (tertiary/aromatic N) is 1. The number of rotatable bonds is 5. The number of hydrogen-bond donors (Lipinski definition) is 2. The van der Waals surface area contributed by atoms with E-state index in [1.54, 1.807) is 0 Å². The normalized spacial score (nSPS) is 20.9. The van der Waals surface area contributed by atoms with E-state index in [1.165, 1.54) is 19.2 Å². The van der Waals surface area contributed by atoms with Gasteiger partial charge in [0, 0.05) is 24.7 Å². The molecule has 0 aliphatic carbocycles. The Morgan fingerprint density at radius 1 is 1.43 bits per heavy atom. The van der Waals surface area contributed by atoms with Crippen molar-refractivity contribution in [2.45, 2.75) is 31.2 Å². The molecule has 1 aromatic carbocycles. The van der Waals surface area contributed by atoms with Crippen molar-refractivity contribution in [2.24, 2.45) is 5.41 Å². The fraction of sp³-hybridized carbons (Fsp3) is 0.571. The number of non-ortho nitro benzene ring substituents is 1. The third-order valence-electron chi connectivity index (χ3n) is 4.08. The summed E-state index contributed by atoms with van der Waals surface area (Å²) in [7, 11) is -2.61. The van der Waals surface area contributed by atoms with Crippen molar-refractivity contribution in [3.8, 4) is 5.75 Å². The highest BCUT2D eigenvalue weighted by molar-refractivity contribution is 7.89. The van der Waals surface area contributed by atoms with Gasteiger partial charge in [-0.3, -0.25) is 10.1 Å². The number of benzene rings is 1. The molecule has 1 unspecified atom stereocenters.